The molecule has 0 radical (unpaired) electrons. The normalized spacial score (nSPS) is 16.6. The number of rotatable bonds is 6. The van der Waals surface area contributed by atoms with Gasteiger partial charge in [-0.25, -0.2) is 13.4 Å². The van der Waals surface area contributed by atoms with Crippen LogP contribution in [0.4, 0.5) is 23.0 Å². The van der Waals surface area contributed by atoms with Gasteiger partial charge in [-0.15, -0.1) is 0 Å². The molecule has 1 unspecified atom stereocenters. The predicted octanol–water partition coefficient (Wildman–Crippen LogP) is 2.97. The molecule has 36 heavy (non-hydrogen) atoms. The summed E-state index contributed by atoms with van der Waals surface area (Å²) in [4.78, 5) is 12.8. The Morgan fingerprint density at radius 2 is 1.81 bits per heavy atom. The van der Waals surface area contributed by atoms with Gasteiger partial charge in [0.15, 0.2) is 5.82 Å². The van der Waals surface area contributed by atoms with Crippen LogP contribution in [-0.4, -0.2) is 75.6 Å². The molecule has 198 valence electrons. The lowest BCUT2D eigenvalue weighted by Crippen LogP contribution is -2.52. The van der Waals surface area contributed by atoms with Gasteiger partial charge in [-0.2, -0.15) is 8.42 Å². The number of hydrogen-bond donors (Lipinski definition) is 4. The van der Waals surface area contributed by atoms with Crippen molar-refractivity contribution in [3.8, 4) is 0 Å². The molecule has 11 nitrogen and oxygen atoms in total. The number of fused-ring (bicyclic) bond motifs is 1. The maximum absolute atomic E-state index is 11.5. The van der Waals surface area contributed by atoms with E-state index in [1.807, 2.05) is 24.4 Å². The molecule has 0 bridgehead atoms. The van der Waals surface area contributed by atoms with Crippen molar-refractivity contribution in [1.82, 2.24) is 9.97 Å². The van der Waals surface area contributed by atoms with Crippen LogP contribution < -0.4 is 19.8 Å². The summed E-state index contributed by atoms with van der Waals surface area (Å²) in [5.74, 6) is 2.04. The highest BCUT2D eigenvalue weighted by atomic mass is 32.2. The SMILES string of the molecule is CC(C)Nc1cccnc1N1CCN(c2cc3cc(NS(C)(=O)=O)ccc3[nH]2)C(C)C1.CS(=O)(=O)O. The Morgan fingerprint density at radius 1 is 1.11 bits per heavy atom. The van der Waals surface area contributed by atoms with E-state index < -0.39 is 20.1 Å². The summed E-state index contributed by atoms with van der Waals surface area (Å²) < 4.78 is 51.4. The summed E-state index contributed by atoms with van der Waals surface area (Å²) >= 11 is 0. The maximum Gasteiger partial charge on any atom is 0.261 e. The Kier molecular flexibility index (Phi) is 8.37. The molecule has 1 saturated heterocycles. The third kappa shape index (κ3) is 8.00. The molecule has 13 heteroatoms. The number of benzene rings is 1. The van der Waals surface area contributed by atoms with E-state index in [4.69, 9.17) is 4.55 Å². The van der Waals surface area contributed by atoms with Gasteiger partial charge in [-0.3, -0.25) is 9.27 Å². The van der Waals surface area contributed by atoms with Crippen molar-refractivity contribution < 1.29 is 21.4 Å². The molecular formula is C23H34N6O5S2. The second-order valence-electron chi connectivity index (χ2n) is 9.23. The molecule has 3 heterocycles. The number of hydrogen-bond acceptors (Lipinski definition) is 8. The summed E-state index contributed by atoms with van der Waals surface area (Å²) in [7, 11) is -6.97. The zero-order valence-corrected chi connectivity index (χ0v) is 22.7. The largest absolute Gasteiger partial charge is 0.380 e. The highest BCUT2D eigenvalue weighted by Gasteiger charge is 2.27. The summed E-state index contributed by atoms with van der Waals surface area (Å²) in [6, 6.07) is 12.3. The first-order chi connectivity index (χ1) is 16.7. The van der Waals surface area contributed by atoms with Crippen LogP contribution in [0.5, 0.6) is 0 Å². The van der Waals surface area contributed by atoms with E-state index in [1.165, 1.54) is 0 Å². The fourth-order valence-electron chi connectivity index (χ4n) is 4.13. The number of nitrogens with one attached hydrogen (secondary N) is 3. The quantitative estimate of drug-likeness (QED) is 0.348. The first-order valence-electron chi connectivity index (χ1n) is 11.5. The number of H-pyrrole nitrogens is 1. The Balaban J connectivity index is 0.000000658. The van der Waals surface area contributed by atoms with Crippen molar-refractivity contribution in [3.05, 3.63) is 42.6 Å². The standard InChI is InChI=1S/C22H30N6O2S.CH4O3S/c1-15(2)24-20-6-5-9-23-22(20)27-10-11-28(16(3)14-27)21-13-17-12-18(26-31(4,29)30)7-8-19(17)25-21;1-5(2,3)4/h5-9,12-13,15-16,24-26H,10-11,14H2,1-4H3;1H3,(H,2,3,4). The molecule has 0 amide bonds. The van der Waals surface area contributed by atoms with Crippen molar-refractivity contribution in [2.24, 2.45) is 0 Å². The lowest BCUT2D eigenvalue weighted by atomic mass is 10.1. The summed E-state index contributed by atoms with van der Waals surface area (Å²) in [5.41, 5.74) is 2.62. The molecule has 4 N–H and O–H groups in total. The minimum atomic E-state index is -3.67. The number of pyridine rings is 1. The average Bonchev–Trinajstić information content (AvgIpc) is 3.14. The zero-order valence-electron chi connectivity index (χ0n) is 21.1. The fraction of sp³-hybridized carbons (Fsp3) is 0.435. The average molecular weight is 539 g/mol. The molecule has 1 aliphatic heterocycles. The highest BCUT2D eigenvalue weighted by Crippen LogP contribution is 2.30. The maximum atomic E-state index is 11.5. The first kappa shape index (κ1) is 27.6. The number of sulfonamides is 1. The predicted molar refractivity (Wildman–Crippen MR) is 146 cm³/mol. The van der Waals surface area contributed by atoms with E-state index >= 15 is 0 Å². The molecule has 1 aliphatic rings. The van der Waals surface area contributed by atoms with Gasteiger partial charge in [0.05, 0.1) is 18.2 Å². The fourth-order valence-corrected chi connectivity index (χ4v) is 4.69. The van der Waals surface area contributed by atoms with E-state index in [-0.39, 0.29) is 6.04 Å². The van der Waals surface area contributed by atoms with E-state index in [0.717, 1.165) is 54.1 Å². The van der Waals surface area contributed by atoms with Crippen LogP contribution in [0.3, 0.4) is 0 Å². The number of piperazine rings is 1. The van der Waals surface area contributed by atoms with Gasteiger partial charge in [0, 0.05) is 54.5 Å². The van der Waals surface area contributed by atoms with Crippen molar-refractivity contribution in [1.29, 1.82) is 0 Å². The summed E-state index contributed by atoms with van der Waals surface area (Å²) in [6.45, 7) is 9.06. The number of aromatic amines is 1. The molecular weight excluding hydrogens is 504 g/mol. The van der Waals surface area contributed by atoms with Gasteiger partial charge >= 0.3 is 0 Å². The van der Waals surface area contributed by atoms with Crippen molar-refractivity contribution in [2.75, 3.05) is 52.0 Å². The van der Waals surface area contributed by atoms with Crippen molar-refractivity contribution in [2.45, 2.75) is 32.9 Å². The Bertz CT molecular complexity index is 1400. The van der Waals surface area contributed by atoms with E-state index in [2.05, 4.69) is 62.7 Å². The van der Waals surface area contributed by atoms with Gasteiger partial charge < -0.3 is 20.1 Å². The van der Waals surface area contributed by atoms with Crippen LogP contribution >= 0.6 is 0 Å². The smallest absolute Gasteiger partial charge is 0.261 e. The first-order valence-corrected chi connectivity index (χ1v) is 15.2. The van der Waals surface area contributed by atoms with E-state index in [1.54, 1.807) is 6.07 Å². The molecule has 3 aromatic rings. The lowest BCUT2D eigenvalue weighted by molar-refractivity contribution is 0.490. The van der Waals surface area contributed by atoms with Crippen LogP contribution in [0.25, 0.3) is 10.9 Å². The van der Waals surface area contributed by atoms with Gasteiger partial charge in [0.25, 0.3) is 10.1 Å². The molecule has 0 spiro atoms. The van der Waals surface area contributed by atoms with Gasteiger partial charge in [0.2, 0.25) is 10.0 Å². The van der Waals surface area contributed by atoms with Crippen LogP contribution in [0.1, 0.15) is 20.8 Å². The van der Waals surface area contributed by atoms with Crippen LogP contribution in [0.2, 0.25) is 0 Å². The molecule has 4 rings (SSSR count). The van der Waals surface area contributed by atoms with Gasteiger partial charge in [-0.1, -0.05) is 0 Å². The molecule has 0 saturated carbocycles. The van der Waals surface area contributed by atoms with Gasteiger partial charge in [0.1, 0.15) is 5.82 Å². The van der Waals surface area contributed by atoms with E-state index in [9.17, 15) is 16.8 Å². The number of anilines is 4. The van der Waals surface area contributed by atoms with Crippen molar-refractivity contribution in [3.63, 3.8) is 0 Å². The number of aromatic nitrogens is 2. The molecule has 0 aliphatic carbocycles. The Hall–Kier alpha value is -3.03. The molecule has 1 aromatic carbocycles. The van der Waals surface area contributed by atoms with Crippen LogP contribution in [-0.2, 0) is 20.1 Å². The third-order valence-electron chi connectivity index (χ3n) is 5.38. The highest BCUT2D eigenvalue weighted by molar-refractivity contribution is 7.92. The summed E-state index contributed by atoms with van der Waals surface area (Å²) in [5, 5.41) is 4.47. The van der Waals surface area contributed by atoms with Crippen LogP contribution in [0.15, 0.2) is 42.6 Å². The monoisotopic (exact) mass is 538 g/mol. The van der Waals surface area contributed by atoms with Crippen LogP contribution in [0, 0.1) is 0 Å². The minimum Gasteiger partial charge on any atom is -0.380 e. The Morgan fingerprint density at radius 3 is 2.42 bits per heavy atom. The topological polar surface area (TPSA) is 148 Å². The third-order valence-corrected chi connectivity index (χ3v) is 5.98. The zero-order chi connectivity index (χ0) is 26.7. The van der Waals surface area contributed by atoms with Crippen molar-refractivity contribution >= 4 is 54.1 Å². The molecule has 1 fully saturated rings. The van der Waals surface area contributed by atoms with Gasteiger partial charge in [-0.05, 0) is 57.2 Å². The number of nitrogens with zero attached hydrogens (tertiary/aromatic N) is 3. The molecule has 2 aromatic heterocycles. The minimum absolute atomic E-state index is 0.282. The second kappa shape index (κ2) is 10.9. The summed E-state index contributed by atoms with van der Waals surface area (Å²) in [6.07, 6.45) is 3.72. The Labute approximate surface area is 212 Å². The second-order valence-corrected chi connectivity index (χ2v) is 12.4. The lowest BCUT2D eigenvalue weighted by Gasteiger charge is -2.41. The van der Waals surface area contributed by atoms with E-state index in [0.29, 0.717) is 18.0 Å². The molecule has 1 atom stereocenters.